The number of hydrogen-bond donors (Lipinski definition) is 1. The van der Waals surface area contributed by atoms with Crippen LogP contribution in [0.5, 0.6) is 0 Å². The van der Waals surface area contributed by atoms with Crippen LogP contribution in [0.4, 0.5) is 10.2 Å². The molecule has 1 aromatic carbocycles. The van der Waals surface area contributed by atoms with Gasteiger partial charge < -0.3 is 5.73 Å². The molecule has 8 heteroatoms. The van der Waals surface area contributed by atoms with E-state index in [0.29, 0.717) is 39.4 Å². The third-order valence-corrected chi connectivity index (χ3v) is 4.52. The fraction of sp³-hybridized carbons (Fsp3) is 0.0500. The number of benzene rings is 1. The van der Waals surface area contributed by atoms with Gasteiger partial charge in [0.25, 0.3) is 0 Å². The molecule has 0 saturated carbocycles. The van der Waals surface area contributed by atoms with Gasteiger partial charge in [-0.3, -0.25) is 4.98 Å². The quantitative estimate of drug-likeness (QED) is 0.523. The molecule has 28 heavy (non-hydrogen) atoms. The zero-order chi connectivity index (χ0) is 19.1. The zero-order valence-corrected chi connectivity index (χ0v) is 14.6. The highest BCUT2D eigenvalue weighted by molar-refractivity contribution is 5.93. The second-order valence-electron chi connectivity index (χ2n) is 6.30. The average Bonchev–Trinajstić information content (AvgIpc) is 3.08. The van der Waals surface area contributed by atoms with Crippen LogP contribution in [0.1, 0.15) is 5.56 Å². The van der Waals surface area contributed by atoms with E-state index in [0.717, 1.165) is 5.39 Å². The summed E-state index contributed by atoms with van der Waals surface area (Å²) in [7, 11) is 0. The highest BCUT2D eigenvalue weighted by Gasteiger charge is 2.18. The summed E-state index contributed by atoms with van der Waals surface area (Å²) >= 11 is 0. The molecule has 0 fully saturated rings. The zero-order valence-electron chi connectivity index (χ0n) is 14.6. The van der Waals surface area contributed by atoms with E-state index in [9.17, 15) is 4.39 Å². The molecule has 0 radical (unpaired) electrons. The van der Waals surface area contributed by atoms with Crippen molar-refractivity contribution in [2.45, 2.75) is 6.54 Å². The van der Waals surface area contributed by atoms with Crippen LogP contribution >= 0.6 is 0 Å². The molecule has 0 atom stereocenters. The molecular formula is C20H14FN7. The van der Waals surface area contributed by atoms with Gasteiger partial charge in [-0.1, -0.05) is 18.2 Å². The van der Waals surface area contributed by atoms with Gasteiger partial charge in [0.2, 0.25) is 0 Å². The van der Waals surface area contributed by atoms with Crippen molar-refractivity contribution in [2.24, 2.45) is 0 Å². The highest BCUT2D eigenvalue weighted by Crippen LogP contribution is 2.28. The van der Waals surface area contributed by atoms with Gasteiger partial charge in [-0.25, -0.2) is 24.0 Å². The number of pyridine rings is 2. The molecule has 0 aliphatic heterocycles. The maximum absolute atomic E-state index is 14.1. The summed E-state index contributed by atoms with van der Waals surface area (Å²) < 4.78 is 15.8. The van der Waals surface area contributed by atoms with Crippen molar-refractivity contribution in [3.63, 3.8) is 0 Å². The van der Waals surface area contributed by atoms with E-state index >= 15 is 0 Å². The number of fused-ring (bicyclic) bond motifs is 2. The highest BCUT2D eigenvalue weighted by atomic mass is 19.1. The normalized spacial score (nSPS) is 11.3. The monoisotopic (exact) mass is 371 g/mol. The van der Waals surface area contributed by atoms with Gasteiger partial charge in [0, 0.05) is 24.2 Å². The topological polar surface area (TPSA) is 95.4 Å². The molecule has 4 heterocycles. The fourth-order valence-electron chi connectivity index (χ4n) is 3.17. The predicted molar refractivity (Wildman–Crippen MR) is 104 cm³/mol. The maximum atomic E-state index is 14.1. The number of aromatic nitrogens is 6. The van der Waals surface area contributed by atoms with E-state index in [-0.39, 0.29) is 12.4 Å². The molecule has 0 aliphatic carbocycles. The van der Waals surface area contributed by atoms with Crippen molar-refractivity contribution < 1.29 is 4.39 Å². The first-order valence-corrected chi connectivity index (χ1v) is 8.63. The number of nitrogens with two attached hydrogens (primary N) is 1. The number of halogens is 1. The van der Waals surface area contributed by atoms with Crippen LogP contribution in [-0.2, 0) is 6.54 Å². The molecule has 5 rings (SSSR count). The molecule has 0 spiro atoms. The van der Waals surface area contributed by atoms with E-state index in [1.807, 2.05) is 12.1 Å². The van der Waals surface area contributed by atoms with Gasteiger partial charge in [0.15, 0.2) is 11.5 Å². The lowest BCUT2D eigenvalue weighted by molar-refractivity contribution is 0.589. The van der Waals surface area contributed by atoms with Crippen molar-refractivity contribution in [3.05, 3.63) is 72.4 Å². The second kappa shape index (κ2) is 6.34. The first kappa shape index (κ1) is 16.2. The van der Waals surface area contributed by atoms with E-state index < -0.39 is 0 Å². The van der Waals surface area contributed by atoms with E-state index in [4.69, 9.17) is 5.73 Å². The third-order valence-electron chi connectivity index (χ3n) is 4.52. The molecule has 0 unspecified atom stereocenters. The number of nitrogen functional groups attached to an aromatic ring is 1. The Balaban J connectivity index is 1.70. The van der Waals surface area contributed by atoms with Crippen LogP contribution < -0.4 is 5.73 Å². The van der Waals surface area contributed by atoms with Crippen LogP contribution in [0, 0.1) is 5.82 Å². The molecule has 4 aromatic heterocycles. The van der Waals surface area contributed by atoms with Crippen molar-refractivity contribution >= 4 is 27.8 Å². The van der Waals surface area contributed by atoms with Gasteiger partial charge >= 0.3 is 0 Å². The molecule has 0 saturated heterocycles. The smallest absolute Gasteiger partial charge is 0.183 e. The Morgan fingerprint density at radius 1 is 0.964 bits per heavy atom. The molecule has 0 amide bonds. The second-order valence-corrected chi connectivity index (χ2v) is 6.30. The van der Waals surface area contributed by atoms with Crippen molar-refractivity contribution in [3.8, 4) is 11.5 Å². The molecule has 7 nitrogen and oxygen atoms in total. The number of hydrogen-bond acceptors (Lipinski definition) is 6. The first-order chi connectivity index (χ1) is 13.7. The Kier molecular flexibility index (Phi) is 3.68. The van der Waals surface area contributed by atoms with Gasteiger partial charge in [0.1, 0.15) is 17.3 Å². The van der Waals surface area contributed by atoms with Gasteiger partial charge in [0.05, 0.1) is 22.8 Å². The minimum absolute atomic E-state index is 0.243. The molecular weight excluding hydrogens is 357 g/mol. The van der Waals surface area contributed by atoms with Crippen LogP contribution in [0.2, 0.25) is 0 Å². The summed E-state index contributed by atoms with van der Waals surface area (Å²) in [6, 6.07) is 12.1. The molecule has 0 bridgehead atoms. The number of nitrogens with zero attached hydrogens (tertiary/aromatic N) is 6. The lowest BCUT2D eigenvalue weighted by Crippen LogP contribution is -2.05. The van der Waals surface area contributed by atoms with Gasteiger partial charge in [-0.15, -0.1) is 0 Å². The Morgan fingerprint density at radius 3 is 2.75 bits per heavy atom. The summed E-state index contributed by atoms with van der Waals surface area (Å²) in [5, 5.41) is 6.09. The lowest BCUT2D eigenvalue weighted by atomic mass is 10.2. The summed E-state index contributed by atoms with van der Waals surface area (Å²) in [4.78, 5) is 17.5. The van der Waals surface area contributed by atoms with Crippen LogP contribution in [0.3, 0.4) is 0 Å². The molecule has 2 N–H and O–H groups in total. The Morgan fingerprint density at radius 2 is 1.86 bits per heavy atom. The van der Waals surface area contributed by atoms with Crippen molar-refractivity contribution in [1.82, 2.24) is 29.7 Å². The summed E-state index contributed by atoms with van der Waals surface area (Å²) in [6.07, 6.45) is 4.95. The van der Waals surface area contributed by atoms with Crippen molar-refractivity contribution in [2.75, 3.05) is 5.73 Å². The summed E-state index contributed by atoms with van der Waals surface area (Å²) in [5.41, 5.74) is 8.47. The van der Waals surface area contributed by atoms with Crippen molar-refractivity contribution in [1.29, 1.82) is 0 Å². The van der Waals surface area contributed by atoms with Crippen LogP contribution in [0.15, 0.2) is 61.1 Å². The van der Waals surface area contributed by atoms with Crippen LogP contribution in [0.25, 0.3) is 33.5 Å². The largest absolute Gasteiger partial charge is 0.383 e. The Labute approximate surface area is 158 Å². The minimum atomic E-state index is -0.290. The summed E-state index contributed by atoms with van der Waals surface area (Å²) in [5.74, 6) is 0.428. The predicted octanol–water partition coefficient (Wildman–Crippen LogP) is 3.21. The fourth-order valence-corrected chi connectivity index (χ4v) is 3.17. The maximum Gasteiger partial charge on any atom is 0.183 e. The average molecular weight is 371 g/mol. The Bertz CT molecular complexity index is 1330. The number of rotatable bonds is 3. The van der Waals surface area contributed by atoms with Gasteiger partial charge in [-0.05, 0) is 24.3 Å². The van der Waals surface area contributed by atoms with Gasteiger partial charge in [-0.2, -0.15) is 5.10 Å². The standard InChI is InChI=1S/C20H14FN7/c21-15-6-2-1-4-12(15)11-28-20-13(5-3-8-24-20)17(27-28)19-25-16-7-9-23-10-14(16)18(22)26-19/h1-10H,11H2,(H2,22,25,26). The molecule has 136 valence electrons. The first-order valence-electron chi connectivity index (χ1n) is 8.63. The molecule has 0 aliphatic rings. The number of anilines is 1. The third kappa shape index (κ3) is 2.62. The Hall–Kier alpha value is -3.94. The van der Waals surface area contributed by atoms with E-state index in [1.54, 1.807) is 47.5 Å². The summed E-state index contributed by atoms with van der Waals surface area (Å²) in [6.45, 7) is 0.243. The van der Waals surface area contributed by atoms with E-state index in [1.165, 1.54) is 6.07 Å². The lowest BCUT2D eigenvalue weighted by Gasteiger charge is -2.04. The molecule has 5 aromatic rings. The minimum Gasteiger partial charge on any atom is -0.383 e. The SMILES string of the molecule is Nc1nc(-c2nn(Cc3ccccc3F)c3ncccc23)nc2ccncc12. The van der Waals surface area contributed by atoms with Crippen LogP contribution in [-0.4, -0.2) is 29.7 Å². The van der Waals surface area contributed by atoms with E-state index in [2.05, 4.69) is 25.0 Å².